The van der Waals surface area contributed by atoms with Crippen molar-refractivity contribution in [3.8, 4) is 0 Å². The zero-order valence-corrected chi connectivity index (χ0v) is 20.1. The third kappa shape index (κ3) is 11.9. The van der Waals surface area contributed by atoms with Crippen molar-refractivity contribution < 1.29 is 4.43 Å². The van der Waals surface area contributed by atoms with Gasteiger partial charge in [-0.2, -0.15) is 0 Å². The first-order valence-corrected chi connectivity index (χ1v) is 13.8. The lowest BCUT2D eigenvalue weighted by atomic mass is 10.1. The third-order valence-corrected chi connectivity index (χ3v) is 10.9. The van der Waals surface area contributed by atoms with Gasteiger partial charge >= 0.3 is 0 Å². The van der Waals surface area contributed by atoms with Crippen molar-refractivity contribution in [2.75, 3.05) is 12.5 Å². The Bertz CT molecular complexity index is 329. The fourth-order valence-electron chi connectivity index (χ4n) is 2.11. The van der Waals surface area contributed by atoms with Gasteiger partial charge in [0.15, 0.2) is 8.32 Å². The fraction of sp³-hybridized carbons (Fsp3) is 1.00. The van der Waals surface area contributed by atoms with Crippen LogP contribution in [0.1, 0.15) is 72.1 Å². The van der Waals surface area contributed by atoms with Gasteiger partial charge < -0.3 is 4.43 Å². The summed E-state index contributed by atoms with van der Waals surface area (Å²) in [5.74, 6) is 0.548. The van der Waals surface area contributed by atoms with Crippen LogP contribution in [-0.4, -0.2) is 30.5 Å². The molecule has 0 N–H and O–H groups in total. The van der Waals surface area contributed by atoms with Crippen molar-refractivity contribution >= 4 is 54.7 Å². The Hall–Kier alpha value is 1.34. The molecule has 0 saturated carbocycles. The highest BCUT2D eigenvalue weighted by molar-refractivity contribution is 6.74. The maximum Gasteiger partial charge on any atom is 0.192 e. The molecule has 1 nitrogen and oxygen atoms in total. The third-order valence-electron chi connectivity index (χ3n) is 4.93. The van der Waals surface area contributed by atoms with Crippen LogP contribution in [0.3, 0.4) is 0 Å². The van der Waals surface area contributed by atoms with Crippen LogP contribution in [0.2, 0.25) is 18.1 Å². The van der Waals surface area contributed by atoms with E-state index in [1.54, 1.807) is 0 Å². The van der Waals surface area contributed by atoms with Gasteiger partial charge in [-0.1, -0.05) is 82.5 Å². The quantitative estimate of drug-likeness (QED) is 0.160. The zero-order chi connectivity index (χ0) is 18.9. The van der Waals surface area contributed by atoms with Gasteiger partial charge in [-0.05, 0) is 31.0 Å². The van der Waals surface area contributed by atoms with Crippen LogP contribution in [0.5, 0.6) is 0 Å². The highest BCUT2D eigenvalue weighted by atomic mass is 35.5. The second kappa shape index (κ2) is 11.9. The number of unbranched alkanes of at least 4 members (excludes halogenated alkanes) is 5. The van der Waals surface area contributed by atoms with Crippen molar-refractivity contribution in [2.24, 2.45) is 0 Å². The molecule has 1 atom stereocenters. The summed E-state index contributed by atoms with van der Waals surface area (Å²) in [5, 5.41) is 0.309. The Labute approximate surface area is 171 Å². The molecule has 0 rings (SSSR count). The molecule has 0 aromatic carbocycles. The van der Waals surface area contributed by atoms with Gasteiger partial charge in [-0.25, -0.2) is 0 Å². The zero-order valence-electron chi connectivity index (χ0n) is 16.1. The summed E-state index contributed by atoms with van der Waals surface area (Å²) in [7, 11) is -1.79. The molecule has 0 aliphatic heterocycles. The van der Waals surface area contributed by atoms with Crippen LogP contribution in [-0.2, 0) is 4.43 Å². The summed E-state index contributed by atoms with van der Waals surface area (Å²) < 4.78 is 5.39. The minimum absolute atomic E-state index is 0.126. The lowest BCUT2D eigenvalue weighted by molar-refractivity contribution is 0.267. The van der Waals surface area contributed by atoms with Crippen LogP contribution in [0, 0.1) is 0 Å². The highest BCUT2D eigenvalue weighted by Gasteiger charge is 2.39. The van der Waals surface area contributed by atoms with Gasteiger partial charge in [0.1, 0.15) is 4.33 Å². The molecule has 0 unspecified atom stereocenters. The average molecular weight is 438 g/mol. The Morgan fingerprint density at radius 2 is 1.42 bits per heavy atom. The Kier molecular flexibility index (Phi) is 12.6. The lowest BCUT2D eigenvalue weighted by Crippen LogP contribution is -2.43. The lowest BCUT2D eigenvalue weighted by Gasteiger charge is -2.37. The van der Waals surface area contributed by atoms with E-state index in [0.717, 1.165) is 25.7 Å². The Balaban J connectivity index is 3.78. The number of hydrogen-bond acceptors (Lipinski definition) is 1. The van der Waals surface area contributed by atoms with E-state index in [1.165, 1.54) is 25.7 Å². The second-order valence-electron chi connectivity index (χ2n) is 8.32. The van der Waals surface area contributed by atoms with Gasteiger partial charge in [0.05, 0.1) is 6.61 Å². The summed E-state index contributed by atoms with van der Waals surface area (Å²) in [6, 6.07) is 0. The van der Waals surface area contributed by atoms with Crippen molar-refractivity contribution in [3.63, 3.8) is 0 Å². The molecule has 0 bridgehead atoms. The van der Waals surface area contributed by atoms with Crippen LogP contribution in [0.15, 0.2) is 0 Å². The molecule has 0 fully saturated rings. The van der Waals surface area contributed by atoms with E-state index in [2.05, 4.69) is 33.9 Å². The fourth-order valence-corrected chi connectivity index (χ4v) is 4.02. The normalized spacial score (nSPS) is 14.9. The van der Waals surface area contributed by atoms with Crippen LogP contribution in [0.4, 0.5) is 0 Å². The first-order valence-electron chi connectivity index (χ1n) is 9.13. The van der Waals surface area contributed by atoms with E-state index in [4.69, 9.17) is 50.8 Å². The molecule has 0 spiro atoms. The summed E-state index contributed by atoms with van der Waals surface area (Å²) in [4.78, 5) is 0. The first kappa shape index (κ1) is 25.3. The van der Waals surface area contributed by atoms with Gasteiger partial charge in [-0.3, -0.25) is 0 Å². The molecule has 0 aliphatic carbocycles. The number of rotatable bonds is 13. The summed E-state index contributed by atoms with van der Waals surface area (Å²) in [6.07, 6.45) is 8.88. The molecule has 0 amide bonds. The maximum absolute atomic E-state index is 6.44. The molecule has 0 aromatic rings. The van der Waals surface area contributed by atoms with Gasteiger partial charge in [-0.15, -0.1) is 23.2 Å². The molecule has 6 heteroatoms. The minimum atomic E-state index is -1.79. The van der Waals surface area contributed by atoms with E-state index in [1.807, 2.05) is 0 Å². The summed E-state index contributed by atoms with van der Waals surface area (Å²) >= 11 is 24.6. The number of hydrogen-bond donors (Lipinski definition) is 0. The molecule has 0 saturated heterocycles. The SMILES string of the molecule is CC(C)(C)[Si](C)(C)OCC(Cl)(Cl)CCCCCCCC[C@H](Cl)CCl. The molecular weight excluding hydrogens is 402 g/mol. The standard InChI is InChI=1S/C18H36Cl4OSi/c1-17(2,3)24(4,5)23-15-18(21,22)13-11-9-7-6-8-10-12-16(20)14-19/h16H,6-15H2,1-5H3/t16-/m0/s1. The van der Waals surface area contributed by atoms with E-state index >= 15 is 0 Å². The predicted octanol–water partition coefficient (Wildman–Crippen LogP) is 8.15. The minimum Gasteiger partial charge on any atom is -0.414 e. The van der Waals surface area contributed by atoms with Gasteiger partial charge in [0.25, 0.3) is 0 Å². The molecule has 146 valence electrons. The summed E-state index contributed by atoms with van der Waals surface area (Å²) in [5.41, 5.74) is 0. The van der Waals surface area contributed by atoms with Crippen molar-refractivity contribution in [2.45, 2.75) is 100.0 Å². The van der Waals surface area contributed by atoms with Gasteiger partial charge in [0.2, 0.25) is 0 Å². The topological polar surface area (TPSA) is 9.23 Å². The number of alkyl halides is 4. The first-order chi connectivity index (χ1) is 10.9. The molecule has 24 heavy (non-hydrogen) atoms. The monoisotopic (exact) mass is 436 g/mol. The van der Waals surface area contributed by atoms with Crippen molar-refractivity contribution in [1.29, 1.82) is 0 Å². The van der Waals surface area contributed by atoms with E-state index in [-0.39, 0.29) is 10.4 Å². The molecule has 0 heterocycles. The van der Waals surface area contributed by atoms with Crippen LogP contribution >= 0.6 is 46.4 Å². The maximum atomic E-state index is 6.44. The number of halogens is 4. The second-order valence-corrected chi connectivity index (χ2v) is 15.7. The summed E-state index contributed by atoms with van der Waals surface area (Å²) in [6.45, 7) is 11.6. The molecule has 0 aliphatic rings. The smallest absolute Gasteiger partial charge is 0.192 e. The van der Waals surface area contributed by atoms with Crippen molar-refractivity contribution in [1.82, 2.24) is 0 Å². The molecule has 0 aromatic heterocycles. The highest BCUT2D eigenvalue weighted by Crippen LogP contribution is 2.38. The Morgan fingerprint density at radius 3 is 1.92 bits per heavy atom. The van der Waals surface area contributed by atoms with Crippen LogP contribution < -0.4 is 0 Å². The largest absolute Gasteiger partial charge is 0.414 e. The van der Waals surface area contributed by atoms with Gasteiger partial charge in [0, 0.05) is 11.3 Å². The van der Waals surface area contributed by atoms with E-state index in [9.17, 15) is 0 Å². The van der Waals surface area contributed by atoms with Crippen LogP contribution in [0.25, 0.3) is 0 Å². The predicted molar refractivity (Wildman–Crippen MR) is 115 cm³/mol. The Morgan fingerprint density at radius 1 is 0.917 bits per heavy atom. The van der Waals surface area contributed by atoms with E-state index in [0.29, 0.717) is 12.5 Å². The average Bonchev–Trinajstić information content (AvgIpc) is 2.46. The van der Waals surface area contributed by atoms with Crippen molar-refractivity contribution in [3.05, 3.63) is 0 Å². The van der Waals surface area contributed by atoms with E-state index < -0.39 is 12.7 Å². The molecule has 0 radical (unpaired) electrons. The molecular formula is C18H36Cl4OSi.